The smallest absolute Gasteiger partial charge is 0.253 e. The van der Waals surface area contributed by atoms with Crippen LogP contribution in [0, 0.1) is 5.92 Å². The highest BCUT2D eigenvalue weighted by molar-refractivity contribution is 5.31. The van der Waals surface area contributed by atoms with E-state index in [0.717, 1.165) is 31.5 Å². The second-order valence-corrected chi connectivity index (χ2v) is 5.27. The van der Waals surface area contributed by atoms with Gasteiger partial charge in [0.2, 0.25) is 0 Å². The van der Waals surface area contributed by atoms with Crippen LogP contribution in [0.25, 0.3) is 0 Å². The molecule has 3 rings (SSSR count). The highest BCUT2D eigenvalue weighted by atomic mass is 16.1. The summed E-state index contributed by atoms with van der Waals surface area (Å²) in [5, 5.41) is 0. The second-order valence-electron chi connectivity index (χ2n) is 5.27. The molecule has 0 saturated heterocycles. The van der Waals surface area contributed by atoms with E-state index in [-0.39, 0.29) is 5.56 Å². The van der Waals surface area contributed by atoms with Crippen LogP contribution < -0.4 is 5.56 Å². The molecule has 3 heteroatoms. The molecule has 0 atom stereocenters. The van der Waals surface area contributed by atoms with E-state index in [1.807, 2.05) is 6.92 Å². The molecule has 0 amide bonds. The van der Waals surface area contributed by atoms with Gasteiger partial charge in [0.05, 0.1) is 6.33 Å². The Bertz CT molecular complexity index is 620. The molecular weight excluding hydrogens is 236 g/mol. The second kappa shape index (κ2) is 5.00. The maximum absolute atomic E-state index is 12.0. The van der Waals surface area contributed by atoms with Gasteiger partial charge in [-0.2, -0.15) is 0 Å². The predicted octanol–water partition coefficient (Wildman–Crippen LogP) is 2.22. The van der Waals surface area contributed by atoms with Crippen molar-refractivity contribution in [2.24, 2.45) is 5.92 Å². The van der Waals surface area contributed by atoms with E-state index >= 15 is 0 Å². The van der Waals surface area contributed by atoms with Gasteiger partial charge in [0.1, 0.15) is 0 Å². The lowest BCUT2D eigenvalue weighted by molar-refractivity contribution is 0.452. The van der Waals surface area contributed by atoms with Crippen LogP contribution in [-0.4, -0.2) is 9.55 Å². The fraction of sp³-hybridized carbons (Fsp3) is 0.375. The minimum Gasteiger partial charge on any atom is -0.299 e. The number of hydrogen-bond acceptors (Lipinski definition) is 2. The summed E-state index contributed by atoms with van der Waals surface area (Å²) in [5.74, 6) is 0.518. The SMILES string of the molecule is CCc1cc(=O)n(CC2Cc3ccccc3C2)cn1. The third-order valence-electron chi connectivity index (χ3n) is 3.89. The van der Waals surface area contributed by atoms with Gasteiger partial charge in [-0.1, -0.05) is 31.2 Å². The van der Waals surface area contributed by atoms with Crippen LogP contribution in [-0.2, 0) is 25.8 Å². The lowest BCUT2D eigenvalue weighted by atomic mass is 10.1. The van der Waals surface area contributed by atoms with Crippen molar-refractivity contribution < 1.29 is 0 Å². The Morgan fingerprint density at radius 2 is 1.95 bits per heavy atom. The van der Waals surface area contributed by atoms with Crippen LogP contribution in [0.4, 0.5) is 0 Å². The molecule has 0 fully saturated rings. The van der Waals surface area contributed by atoms with E-state index < -0.39 is 0 Å². The summed E-state index contributed by atoms with van der Waals surface area (Å²) in [7, 11) is 0. The number of benzene rings is 1. The molecule has 0 spiro atoms. The third kappa shape index (κ3) is 2.46. The quantitative estimate of drug-likeness (QED) is 0.841. The van der Waals surface area contributed by atoms with E-state index in [1.165, 1.54) is 11.1 Å². The molecule has 1 aromatic heterocycles. The molecule has 1 aliphatic carbocycles. The average Bonchev–Trinajstić information content (AvgIpc) is 2.83. The van der Waals surface area contributed by atoms with Crippen LogP contribution in [0.1, 0.15) is 23.7 Å². The normalized spacial score (nSPS) is 14.6. The molecule has 0 bridgehead atoms. The maximum atomic E-state index is 12.0. The maximum Gasteiger partial charge on any atom is 0.253 e. The monoisotopic (exact) mass is 254 g/mol. The Morgan fingerprint density at radius 3 is 2.53 bits per heavy atom. The van der Waals surface area contributed by atoms with E-state index in [2.05, 4.69) is 29.2 Å². The highest BCUT2D eigenvalue weighted by Crippen LogP contribution is 2.27. The van der Waals surface area contributed by atoms with Crippen molar-refractivity contribution in [3.63, 3.8) is 0 Å². The van der Waals surface area contributed by atoms with Gasteiger partial charge in [-0.3, -0.25) is 9.36 Å². The van der Waals surface area contributed by atoms with Crippen molar-refractivity contribution in [1.29, 1.82) is 0 Å². The van der Waals surface area contributed by atoms with Crippen molar-refractivity contribution in [2.75, 3.05) is 0 Å². The minimum absolute atomic E-state index is 0.0720. The topological polar surface area (TPSA) is 34.9 Å². The zero-order valence-electron chi connectivity index (χ0n) is 11.2. The molecule has 3 nitrogen and oxygen atoms in total. The molecule has 0 radical (unpaired) electrons. The summed E-state index contributed by atoms with van der Waals surface area (Å²) >= 11 is 0. The van der Waals surface area contributed by atoms with Gasteiger partial charge in [0.15, 0.2) is 0 Å². The molecule has 0 N–H and O–H groups in total. The minimum atomic E-state index is 0.0720. The van der Waals surface area contributed by atoms with E-state index in [9.17, 15) is 4.79 Å². The lowest BCUT2D eigenvalue weighted by Crippen LogP contribution is -2.24. The van der Waals surface area contributed by atoms with Gasteiger partial charge in [0, 0.05) is 18.3 Å². The Balaban J connectivity index is 1.76. The summed E-state index contributed by atoms with van der Waals surface area (Å²) in [5.41, 5.74) is 3.80. The summed E-state index contributed by atoms with van der Waals surface area (Å²) in [6, 6.07) is 10.2. The Hall–Kier alpha value is -1.90. The molecule has 1 aliphatic rings. The summed E-state index contributed by atoms with van der Waals surface area (Å²) in [6.45, 7) is 2.78. The standard InChI is InChI=1S/C16H18N2O/c1-2-15-9-16(19)18(11-17-15)10-12-7-13-5-3-4-6-14(13)8-12/h3-6,9,11-12H,2,7-8,10H2,1H3. The Morgan fingerprint density at radius 1 is 1.26 bits per heavy atom. The molecule has 2 aromatic rings. The number of fused-ring (bicyclic) bond motifs is 1. The van der Waals surface area contributed by atoms with Crippen molar-refractivity contribution in [1.82, 2.24) is 9.55 Å². The first kappa shape index (κ1) is 12.2. The molecule has 98 valence electrons. The van der Waals surface area contributed by atoms with Crippen LogP contribution in [0.5, 0.6) is 0 Å². The van der Waals surface area contributed by atoms with Gasteiger partial charge in [-0.05, 0) is 36.3 Å². The van der Waals surface area contributed by atoms with Crippen molar-refractivity contribution >= 4 is 0 Å². The van der Waals surface area contributed by atoms with Gasteiger partial charge < -0.3 is 0 Å². The number of nitrogens with zero attached hydrogens (tertiary/aromatic N) is 2. The van der Waals surface area contributed by atoms with Gasteiger partial charge in [-0.25, -0.2) is 4.98 Å². The largest absolute Gasteiger partial charge is 0.299 e. The number of aryl methyl sites for hydroxylation is 1. The van der Waals surface area contributed by atoms with Crippen molar-refractivity contribution in [3.05, 3.63) is 63.8 Å². The molecule has 0 unspecified atom stereocenters. The Labute approximate surface area is 112 Å². The van der Waals surface area contributed by atoms with Crippen LogP contribution in [0.3, 0.4) is 0 Å². The fourth-order valence-electron chi connectivity index (χ4n) is 2.85. The fourth-order valence-corrected chi connectivity index (χ4v) is 2.85. The van der Waals surface area contributed by atoms with Gasteiger partial charge in [-0.15, -0.1) is 0 Å². The molecule has 0 saturated carbocycles. The van der Waals surface area contributed by atoms with Gasteiger partial charge >= 0.3 is 0 Å². The highest BCUT2D eigenvalue weighted by Gasteiger charge is 2.21. The number of rotatable bonds is 3. The van der Waals surface area contributed by atoms with E-state index in [0.29, 0.717) is 5.92 Å². The summed E-state index contributed by atoms with van der Waals surface area (Å²) < 4.78 is 1.75. The molecule has 0 aliphatic heterocycles. The zero-order valence-corrected chi connectivity index (χ0v) is 11.2. The zero-order chi connectivity index (χ0) is 13.2. The van der Waals surface area contributed by atoms with Crippen molar-refractivity contribution in [2.45, 2.75) is 32.7 Å². The average molecular weight is 254 g/mol. The first-order valence-corrected chi connectivity index (χ1v) is 6.88. The van der Waals surface area contributed by atoms with Gasteiger partial charge in [0.25, 0.3) is 5.56 Å². The summed E-state index contributed by atoms with van der Waals surface area (Å²) in [6.07, 6.45) is 4.64. The first-order chi connectivity index (χ1) is 9.26. The van der Waals surface area contributed by atoms with Crippen molar-refractivity contribution in [3.8, 4) is 0 Å². The first-order valence-electron chi connectivity index (χ1n) is 6.88. The molecule has 1 heterocycles. The summed E-state index contributed by atoms with van der Waals surface area (Å²) in [4.78, 5) is 16.3. The number of aromatic nitrogens is 2. The molecular formula is C16H18N2O. The third-order valence-corrected chi connectivity index (χ3v) is 3.89. The molecule has 1 aromatic carbocycles. The Kier molecular flexibility index (Phi) is 3.20. The lowest BCUT2D eigenvalue weighted by Gasteiger charge is -2.11. The number of hydrogen-bond donors (Lipinski definition) is 0. The van der Waals surface area contributed by atoms with E-state index in [4.69, 9.17) is 0 Å². The van der Waals surface area contributed by atoms with Crippen LogP contribution in [0.2, 0.25) is 0 Å². The molecule has 19 heavy (non-hydrogen) atoms. The predicted molar refractivity (Wildman–Crippen MR) is 75.2 cm³/mol. The van der Waals surface area contributed by atoms with Crippen LogP contribution >= 0.6 is 0 Å². The van der Waals surface area contributed by atoms with E-state index in [1.54, 1.807) is 17.0 Å². The van der Waals surface area contributed by atoms with Crippen LogP contribution in [0.15, 0.2) is 41.5 Å².